The van der Waals surface area contributed by atoms with Gasteiger partial charge in [-0.25, -0.2) is 0 Å². The number of alkyl halides is 3. The van der Waals surface area contributed by atoms with Crippen molar-refractivity contribution in [2.75, 3.05) is 13.2 Å². The summed E-state index contributed by atoms with van der Waals surface area (Å²) < 4.78 is 43.2. The summed E-state index contributed by atoms with van der Waals surface area (Å²) >= 11 is 5.62. The topological polar surface area (TPSA) is 9.23 Å². The normalized spacial score (nSPS) is 19.7. The Kier molecular flexibility index (Phi) is 2.43. The van der Waals surface area contributed by atoms with E-state index in [1.165, 1.54) is 24.3 Å². The van der Waals surface area contributed by atoms with Gasteiger partial charge in [0.25, 0.3) is 0 Å². The minimum absolute atomic E-state index is 0.214. The van der Waals surface area contributed by atoms with Crippen LogP contribution in [0.4, 0.5) is 13.2 Å². The molecule has 0 bridgehead atoms. The molecule has 0 amide bonds. The number of rotatable bonds is 1. The Labute approximate surface area is 89.8 Å². The lowest BCUT2D eigenvalue weighted by atomic mass is 9.78. The third kappa shape index (κ3) is 1.62. The molecular weight excluding hydrogens is 229 g/mol. The predicted molar refractivity (Wildman–Crippen MR) is 50.0 cm³/mol. The second kappa shape index (κ2) is 3.39. The van der Waals surface area contributed by atoms with E-state index in [1.807, 2.05) is 0 Å². The summed E-state index contributed by atoms with van der Waals surface area (Å²) in [5, 5.41) is 0.427. The number of hydrogen-bond donors (Lipinski definition) is 0. The fourth-order valence-electron chi connectivity index (χ4n) is 1.57. The molecule has 1 aromatic rings. The summed E-state index contributed by atoms with van der Waals surface area (Å²) in [7, 11) is 0. The summed E-state index contributed by atoms with van der Waals surface area (Å²) in [4.78, 5) is 0. The fourth-order valence-corrected chi connectivity index (χ4v) is 1.70. The van der Waals surface area contributed by atoms with E-state index in [2.05, 4.69) is 0 Å². The van der Waals surface area contributed by atoms with Crippen LogP contribution in [-0.4, -0.2) is 19.4 Å². The first-order valence-corrected chi connectivity index (χ1v) is 4.74. The Morgan fingerprint density at radius 1 is 1.13 bits per heavy atom. The highest BCUT2D eigenvalue weighted by molar-refractivity contribution is 6.30. The maximum absolute atomic E-state index is 12.8. The van der Waals surface area contributed by atoms with Gasteiger partial charge in [0.05, 0.1) is 13.2 Å². The molecule has 82 valence electrons. The van der Waals surface area contributed by atoms with Gasteiger partial charge in [-0.05, 0) is 17.7 Å². The zero-order valence-electron chi connectivity index (χ0n) is 7.64. The van der Waals surface area contributed by atoms with Crippen molar-refractivity contribution in [2.45, 2.75) is 11.6 Å². The molecule has 0 unspecified atom stereocenters. The quantitative estimate of drug-likeness (QED) is 0.728. The number of benzene rings is 1. The Balaban J connectivity index is 2.39. The maximum atomic E-state index is 12.8. The van der Waals surface area contributed by atoms with E-state index in [0.29, 0.717) is 5.02 Å². The summed E-state index contributed by atoms with van der Waals surface area (Å²) in [5.41, 5.74) is -1.62. The molecule has 1 saturated heterocycles. The van der Waals surface area contributed by atoms with Gasteiger partial charge in [-0.1, -0.05) is 23.7 Å². The zero-order chi connectivity index (χ0) is 11.1. The van der Waals surface area contributed by atoms with E-state index in [4.69, 9.17) is 16.3 Å². The number of ether oxygens (including phenoxy) is 1. The molecule has 5 heteroatoms. The molecule has 0 radical (unpaired) electrons. The van der Waals surface area contributed by atoms with Crippen molar-refractivity contribution in [3.63, 3.8) is 0 Å². The maximum Gasteiger partial charge on any atom is 0.402 e. The SMILES string of the molecule is FC(F)(F)C1(c2ccc(Cl)cc2)COC1. The zero-order valence-corrected chi connectivity index (χ0v) is 8.40. The van der Waals surface area contributed by atoms with Gasteiger partial charge >= 0.3 is 6.18 Å². The molecule has 1 aromatic carbocycles. The van der Waals surface area contributed by atoms with Crippen molar-refractivity contribution in [3.05, 3.63) is 34.9 Å². The van der Waals surface area contributed by atoms with Gasteiger partial charge in [0.1, 0.15) is 5.41 Å². The molecule has 1 aliphatic heterocycles. The highest BCUT2D eigenvalue weighted by Gasteiger charge is 2.60. The Morgan fingerprint density at radius 2 is 1.67 bits per heavy atom. The van der Waals surface area contributed by atoms with Gasteiger partial charge in [-0.3, -0.25) is 0 Å². The molecule has 1 heterocycles. The van der Waals surface area contributed by atoms with Crippen molar-refractivity contribution >= 4 is 11.6 Å². The van der Waals surface area contributed by atoms with Crippen LogP contribution in [0.5, 0.6) is 0 Å². The average Bonchev–Trinajstić information content (AvgIpc) is 2.03. The molecule has 1 nitrogen and oxygen atoms in total. The molecular formula is C10H8ClF3O. The standard InChI is InChI=1S/C10H8ClF3O/c11-8-3-1-7(2-4-8)9(5-15-6-9)10(12,13)14/h1-4H,5-6H2. The van der Waals surface area contributed by atoms with Crippen LogP contribution >= 0.6 is 11.6 Å². The molecule has 2 rings (SSSR count). The minimum atomic E-state index is -4.28. The number of halogens is 4. The van der Waals surface area contributed by atoms with Gasteiger partial charge in [0.15, 0.2) is 0 Å². The van der Waals surface area contributed by atoms with Crippen molar-refractivity contribution in [3.8, 4) is 0 Å². The molecule has 0 aromatic heterocycles. The van der Waals surface area contributed by atoms with Crippen molar-refractivity contribution < 1.29 is 17.9 Å². The summed E-state index contributed by atoms with van der Waals surface area (Å²) in [5.74, 6) is 0. The predicted octanol–water partition coefficient (Wildman–Crippen LogP) is 3.17. The van der Waals surface area contributed by atoms with Gasteiger partial charge in [0.2, 0.25) is 0 Å². The minimum Gasteiger partial charge on any atom is -0.379 e. The van der Waals surface area contributed by atoms with Crippen molar-refractivity contribution in [2.24, 2.45) is 0 Å². The molecule has 0 N–H and O–H groups in total. The van der Waals surface area contributed by atoms with Gasteiger partial charge in [-0.15, -0.1) is 0 Å². The molecule has 1 fully saturated rings. The Bertz CT molecular complexity index is 354. The molecule has 15 heavy (non-hydrogen) atoms. The lowest BCUT2D eigenvalue weighted by Crippen LogP contribution is -2.57. The van der Waals surface area contributed by atoms with Gasteiger partial charge in [0, 0.05) is 5.02 Å². The third-order valence-electron chi connectivity index (χ3n) is 2.64. The van der Waals surface area contributed by atoms with Crippen LogP contribution in [0, 0.1) is 0 Å². The smallest absolute Gasteiger partial charge is 0.379 e. The van der Waals surface area contributed by atoms with E-state index >= 15 is 0 Å². The fraction of sp³-hybridized carbons (Fsp3) is 0.400. The van der Waals surface area contributed by atoms with Crippen LogP contribution in [-0.2, 0) is 10.2 Å². The molecule has 0 spiro atoms. The summed E-state index contributed by atoms with van der Waals surface area (Å²) in [6, 6.07) is 5.72. The van der Waals surface area contributed by atoms with Crippen LogP contribution < -0.4 is 0 Å². The summed E-state index contributed by atoms with van der Waals surface area (Å²) in [6.45, 7) is -0.615. The van der Waals surface area contributed by atoms with Crippen LogP contribution in [0.2, 0.25) is 5.02 Å². The molecule has 0 aliphatic carbocycles. The van der Waals surface area contributed by atoms with Crippen molar-refractivity contribution in [1.29, 1.82) is 0 Å². The first-order chi connectivity index (χ1) is 6.96. The lowest BCUT2D eigenvalue weighted by Gasteiger charge is -2.43. The first-order valence-electron chi connectivity index (χ1n) is 4.36. The van der Waals surface area contributed by atoms with E-state index in [1.54, 1.807) is 0 Å². The van der Waals surface area contributed by atoms with Crippen LogP contribution in [0.3, 0.4) is 0 Å². The van der Waals surface area contributed by atoms with Crippen LogP contribution in [0.1, 0.15) is 5.56 Å². The van der Waals surface area contributed by atoms with E-state index in [9.17, 15) is 13.2 Å². The van der Waals surface area contributed by atoms with Crippen molar-refractivity contribution in [1.82, 2.24) is 0 Å². The largest absolute Gasteiger partial charge is 0.402 e. The molecule has 0 saturated carbocycles. The van der Waals surface area contributed by atoms with Gasteiger partial charge in [-0.2, -0.15) is 13.2 Å². The highest BCUT2D eigenvalue weighted by atomic mass is 35.5. The molecule has 0 atom stereocenters. The second-order valence-electron chi connectivity index (χ2n) is 3.58. The Hall–Kier alpha value is -0.740. The second-order valence-corrected chi connectivity index (χ2v) is 4.02. The Morgan fingerprint density at radius 3 is 2.00 bits per heavy atom. The van der Waals surface area contributed by atoms with E-state index in [-0.39, 0.29) is 18.8 Å². The van der Waals surface area contributed by atoms with E-state index in [0.717, 1.165) is 0 Å². The highest BCUT2D eigenvalue weighted by Crippen LogP contribution is 2.46. The molecule has 1 aliphatic rings. The summed E-state index contributed by atoms with van der Waals surface area (Å²) in [6.07, 6.45) is -4.28. The average molecular weight is 237 g/mol. The van der Waals surface area contributed by atoms with Crippen LogP contribution in [0.15, 0.2) is 24.3 Å². The van der Waals surface area contributed by atoms with E-state index < -0.39 is 11.6 Å². The number of hydrogen-bond acceptors (Lipinski definition) is 1. The first kappa shape index (κ1) is 10.8. The van der Waals surface area contributed by atoms with Gasteiger partial charge < -0.3 is 4.74 Å². The lowest BCUT2D eigenvalue weighted by molar-refractivity contribution is -0.262. The third-order valence-corrected chi connectivity index (χ3v) is 2.89. The monoisotopic (exact) mass is 236 g/mol. The van der Waals surface area contributed by atoms with Crippen LogP contribution in [0.25, 0.3) is 0 Å².